The Labute approximate surface area is 89.7 Å². The van der Waals surface area contributed by atoms with Crippen LogP contribution < -0.4 is 0 Å². The average Bonchev–Trinajstić information content (AvgIpc) is 2.01. The maximum atomic E-state index is 2.31. The Morgan fingerprint density at radius 3 is 2.54 bits per heavy atom. The number of hydrogen-bond donors (Lipinski definition) is 0. The minimum atomic E-state index is 0.354. The van der Waals surface area contributed by atoms with E-state index in [9.17, 15) is 0 Å². The van der Waals surface area contributed by atoms with Crippen molar-refractivity contribution in [2.75, 3.05) is 20.4 Å². The van der Waals surface area contributed by atoms with Gasteiger partial charge >= 0.3 is 0 Å². The monoisotopic (exact) mass is 216 g/mol. The zero-order valence-electron chi connectivity index (χ0n) is 9.05. The summed E-state index contributed by atoms with van der Waals surface area (Å²) in [7, 11) is 4.24. The van der Waals surface area contributed by atoms with E-state index in [4.69, 9.17) is 0 Å². The molecule has 1 aliphatic heterocycles. The minimum absolute atomic E-state index is 0.354. The molecule has 1 rings (SSSR count). The Balaban J connectivity index is 2.98. The van der Waals surface area contributed by atoms with Gasteiger partial charge in [0.25, 0.3) is 0 Å². The standard InChI is InChI=1S/C10H18NS2/c1-10(2)7-8(11(3)4)6-9(12-5)13-10/h6H,7H2,1-5H3/q+1. The van der Waals surface area contributed by atoms with E-state index in [1.54, 1.807) is 0 Å². The van der Waals surface area contributed by atoms with E-state index < -0.39 is 0 Å². The summed E-state index contributed by atoms with van der Waals surface area (Å²) in [6.45, 7) is 4.62. The van der Waals surface area contributed by atoms with Crippen molar-refractivity contribution in [1.29, 1.82) is 0 Å². The molecule has 0 aromatic heterocycles. The highest BCUT2D eigenvalue weighted by Crippen LogP contribution is 2.42. The fraction of sp³-hybridized carbons (Fsp3) is 0.700. The largest absolute Gasteiger partial charge is 0.239 e. The second kappa shape index (κ2) is 4.09. The molecule has 74 valence electrons. The quantitative estimate of drug-likeness (QED) is 0.620. The van der Waals surface area contributed by atoms with Gasteiger partial charge in [0.15, 0.2) is 5.71 Å². The lowest BCUT2D eigenvalue weighted by Crippen LogP contribution is -2.27. The van der Waals surface area contributed by atoms with Crippen LogP contribution in [0.2, 0.25) is 0 Å². The van der Waals surface area contributed by atoms with E-state index in [1.807, 2.05) is 23.5 Å². The molecule has 0 aromatic rings. The van der Waals surface area contributed by atoms with Gasteiger partial charge in [-0.05, 0) is 20.1 Å². The van der Waals surface area contributed by atoms with Crippen molar-refractivity contribution in [2.45, 2.75) is 25.0 Å². The highest BCUT2D eigenvalue weighted by atomic mass is 32.2. The molecule has 1 aliphatic rings. The van der Waals surface area contributed by atoms with Gasteiger partial charge in [0.05, 0.1) is 0 Å². The summed E-state index contributed by atoms with van der Waals surface area (Å²) in [6.07, 6.45) is 5.61. The minimum Gasteiger partial charge on any atom is -0.239 e. The molecule has 0 saturated heterocycles. The zero-order valence-corrected chi connectivity index (χ0v) is 10.7. The summed E-state index contributed by atoms with van der Waals surface area (Å²) in [6, 6.07) is 0. The lowest BCUT2D eigenvalue weighted by molar-refractivity contribution is -0.465. The maximum absolute atomic E-state index is 2.31. The van der Waals surface area contributed by atoms with E-state index in [2.05, 4.69) is 44.9 Å². The molecule has 0 atom stereocenters. The fourth-order valence-corrected chi connectivity index (χ4v) is 3.57. The van der Waals surface area contributed by atoms with Gasteiger partial charge in [-0.25, -0.2) is 4.58 Å². The van der Waals surface area contributed by atoms with Gasteiger partial charge in [-0.2, -0.15) is 0 Å². The van der Waals surface area contributed by atoms with E-state index in [0.717, 1.165) is 6.42 Å². The van der Waals surface area contributed by atoms with Crippen LogP contribution in [-0.4, -0.2) is 35.4 Å². The van der Waals surface area contributed by atoms with Gasteiger partial charge in [-0.3, -0.25) is 0 Å². The highest BCUT2D eigenvalue weighted by Gasteiger charge is 2.30. The second-order valence-corrected chi connectivity index (χ2v) is 6.95. The van der Waals surface area contributed by atoms with E-state index in [0.29, 0.717) is 4.75 Å². The predicted octanol–water partition coefficient (Wildman–Crippen LogP) is 2.82. The lowest BCUT2D eigenvalue weighted by Gasteiger charge is -2.27. The van der Waals surface area contributed by atoms with E-state index in [1.165, 1.54) is 9.95 Å². The molecule has 0 fully saturated rings. The highest BCUT2D eigenvalue weighted by molar-refractivity contribution is 8.22. The Hall–Kier alpha value is 0.110. The lowest BCUT2D eigenvalue weighted by atomic mass is 10.0. The Bertz CT molecular complexity index is 260. The second-order valence-electron chi connectivity index (χ2n) is 4.09. The van der Waals surface area contributed by atoms with Crippen molar-refractivity contribution in [3.8, 4) is 0 Å². The Morgan fingerprint density at radius 1 is 1.46 bits per heavy atom. The molecule has 0 saturated carbocycles. The smallest absolute Gasteiger partial charge is 0.178 e. The molecule has 0 bridgehead atoms. The van der Waals surface area contributed by atoms with E-state index >= 15 is 0 Å². The number of rotatable bonds is 1. The molecule has 1 heterocycles. The van der Waals surface area contributed by atoms with Gasteiger partial charge in [-0.15, -0.1) is 23.5 Å². The topological polar surface area (TPSA) is 3.01 Å². The van der Waals surface area contributed by atoms with Crippen LogP contribution in [0.4, 0.5) is 0 Å². The molecule has 0 amide bonds. The average molecular weight is 216 g/mol. The van der Waals surface area contributed by atoms with Gasteiger partial charge in [0.1, 0.15) is 14.1 Å². The third-order valence-corrected chi connectivity index (χ3v) is 4.33. The van der Waals surface area contributed by atoms with Crippen LogP contribution in [-0.2, 0) is 0 Å². The van der Waals surface area contributed by atoms with Gasteiger partial charge in [0, 0.05) is 21.5 Å². The maximum Gasteiger partial charge on any atom is 0.178 e. The summed E-state index contributed by atoms with van der Waals surface area (Å²) in [4.78, 5) is 0. The number of allylic oxidation sites excluding steroid dienone is 1. The summed E-state index contributed by atoms with van der Waals surface area (Å²) in [5, 5.41) is 0. The first-order valence-corrected chi connectivity index (χ1v) is 6.46. The fourth-order valence-electron chi connectivity index (χ4n) is 1.35. The molecule has 0 aromatic carbocycles. The van der Waals surface area contributed by atoms with Gasteiger partial charge in [0.2, 0.25) is 0 Å². The first kappa shape index (κ1) is 11.2. The molecule has 0 radical (unpaired) electrons. The normalized spacial score (nSPS) is 21.3. The number of nitrogens with zero attached hydrogens (tertiary/aromatic N) is 1. The van der Waals surface area contributed by atoms with Gasteiger partial charge < -0.3 is 0 Å². The summed E-state index contributed by atoms with van der Waals surface area (Å²) >= 11 is 3.83. The predicted molar refractivity (Wildman–Crippen MR) is 65.0 cm³/mol. The molecule has 0 unspecified atom stereocenters. The first-order valence-electron chi connectivity index (χ1n) is 4.42. The third kappa shape index (κ3) is 3.06. The van der Waals surface area contributed by atoms with Crippen molar-refractivity contribution in [3.63, 3.8) is 0 Å². The van der Waals surface area contributed by atoms with Crippen molar-refractivity contribution in [3.05, 3.63) is 10.3 Å². The van der Waals surface area contributed by atoms with Crippen molar-refractivity contribution >= 4 is 29.2 Å². The van der Waals surface area contributed by atoms with Crippen LogP contribution in [0.25, 0.3) is 0 Å². The first-order chi connectivity index (χ1) is 5.94. The molecule has 0 N–H and O–H groups in total. The summed E-state index contributed by atoms with van der Waals surface area (Å²) in [5.41, 5.74) is 1.44. The van der Waals surface area contributed by atoms with Gasteiger partial charge in [-0.1, -0.05) is 0 Å². The third-order valence-electron chi connectivity index (χ3n) is 2.04. The molecule has 13 heavy (non-hydrogen) atoms. The van der Waals surface area contributed by atoms with Crippen LogP contribution in [0, 0.1) is 0 Å². The van der Waals surface area contributed by atoms with Crippen LogP contribution in [0.15, 0.2) is 10.3 Å². The van der Waals surface area contributed by atoms with Crippen LogP contribution in [0.1, 0.15) is 20.3 Å². The molecular weight excluding hydrogens is 198 g/mol. The van der Waals surface area contributed by atoms with Crippen LogP contribution >= 0.6 is 23.5 Å². The SMILES string of the molecule is CSC1=CC(=[N+](C)C)CC(C)(C)S1. The van der Waals surface area contributed by atoms with Crippen molar-refractivity contribution < 1.29 is 4.58 Å². The van der Waals surface area contributed by atoms with Crippen LogP contribution in [0.5, 0.6) is 0 Å². The molecule has 1 nitrogen and oxygen atoms in total. The molecule has 0 aliphatic carbocycles. The molecule has 0 spiro atoms. The summed E-state index contributed by atoms with van der Waals surface area (Å²) in [5.74, 6) is 0. The summed E-state index contributed by atoms with van der Waals surface area (Å²) < 4.78 is 4.00. The van der Waals surface area contributed by atoms with E-state index in [-0.39, 0.29) is 0 Å². The Kier molecular flexibility index (Phi) is 3.52. The Morgan fingerprint density at radius 2 is 2.08 bits per heavy atom. The van der Waals surface area contributed by atoms with Crippen molar-refractivity contribution in [2.24, 2.45) is 0 Å². The molecular formula is C10H18NS2+. The van der Waals surface area contributed by atoms with Crippen LogP contribution in [0.3, 0.4) is 0 Å². The zero-order chi connectivity index (χ0) is 10.1. The molecule has 3 heteroatoms. The number of hydrogen-bond acceptors (Lipinski definition) is 2. The van der Waals surface area contributed by atoms with Crippen molar-refractivity contribution in [1.82, 2.24) is 0 Å². The number of thioether (sulfide) groups is 2.